The summed E-state index contributed by atoms with van der Waals surface area (Å²) >= 11 is 1.36. The molecule has 0 unspecified atom stereocenters. The number of aryl methyl sites for hydroxylation is 3. The summed E-state index contributed by atoms with van der Waals surface area (Å²) in [5, 5.41) is 11.5. The molecule has 1 amide bonds. The number of carboxylic acids is 1. The summed E-state index contributed by atoms with van der Waals surface area (Å²) in [6.45, 7) is 6.03. The van der Waals surface area contributed by atoms with E-state index >= 15 is 0 Å². The van der Waals surface area contributed by atoms with Crippen molar-refractivity contribution in [2.45, 2.75) is 20.8 Å². The third-order valence-electron chi connectivity index (χ3n) is 3.18. The van der Waals surface area contributed by atoms with Crippen molar-refractivity contribution in [1.82, 2.24) is 4.98 Å². The fourth-order valence-electron chi connectivity index (χ4n) is 1.90. The molecular weight excluding hydrogens is 300 g/mol. The van der Waals surface area contributed by atoms with Gasteiger partial charge in [-0.05, 0) is 38.0 Å². The van der Waals surface area contributed by atoms with Gasteiger partial charge in [-0.15, -0.1) is 11.3 Å². The van der Waals surface area contributed by atoms with Gasteiger partial charge >= 0.3 is 5.97 Å². The monoisotopic (exact) mass is 316 g/mol. The molecule has 114 valence electrons. The minimum absolute atomic E-state index is 0.450. The van der Waals surface area contributed by atoms with Gasteiger partial charge in [0.05, 0.1) is 5.69 Å². The van der Waals surface area contributed by atoms with E-state index in [0.717, 1.165) is 28.3 Å². The largest absolute Gasteiger partial charge is 0.478 e. The Hall–Kier alpha value is -2.47. The number of carbonyl (C=O) groups is 2. The van der Waals surface area contributed by atoms with Crippen molar-refractivity contribution < 1.29 is 14.7 Å². The van der Waals surface area contributed by atoms with E-state index in [4.69, 9.17) is 5.11 Å². The van der Waals surface area contributed by atoms with Crippen molar-refractivity contribution >= 4 is 28.3 Å². The van der Waals surface area contributed by atoms with Crippen molar-refractivity contribution in [3.8, 4) is 11.3 Å². The highest BCUT2D eigenvalue weighted by Crippen LogP contribution is 2.31. The summed E-state index contributed by atoms with van der Waals surface area (Å²) in [6.07, 6.45) is 1.76. The van der Waals surface area contributed by atoms with Gasteiger partial charge in [0.2, 0.25) is 5.91 Å². The van der Waals surface area contributed by atoms with Crippen LogP contribution in [0.4, 0.5) is 5.13 Å². The summed E-state index contributed by atoms with van der Waals surface area (Å²) in [6, 6.07) is 6.10. The van der Waals surface area contributed by atoms with Crippen LogP contribution >= 0.6 is 11.3 Å². The second-order valence-electron chi connectivity index (χ2n) is 4.88. The lowest BCUT2D eigenvalue weighted by atomic mass is 10.0. The molecule has 0 radical (unpaired) electrons. The summed E-state index contributed by atoms with van der Waals surface area (Å²) in [7, 11) is 0. The average molecular weight is 316 g/mol. The number of anilines is 1. The number of aliphatic carboxylic acids is 1. The predicted molar refractivity (Wildman–Crippen MR) is 87.2 cm³/mol. The number of carbonyl (C=O) groups excluding carboxylic acids is 1. The maximum atomic E-state index is 11.6. The maximum Gasteiger partial charge on any atom is 0.328 e. The van der Waals surface area contributed by atoms with Crippen LogP contribution in [0.15, 0.2) is 30.4 Å². The van der Waals surface area contributed by atoms with Gasteiger partial charge in [0.1, 0.15) is 0 Å². The molecule has 0 atom stereocenters. The minimum atomic E-state index is -1.17. The molecule has 0 aliphatic carbocycles. The number of amides is 1. The number of hydrogen-bond acceptors (Lipinski definition) is 4. The number of nitrogens with zero attached hydrogens (tertiary/aromatic N) is 1. The molecule has 0 saturated carbocycles. The third-order valence-corrected chi connectivity index (χ3v) is 4.07. The fraction of sp³-hybridized carbons (Fsp3) is 0.188. The van der Waals surface area contributed by atoms with E-state index in [1.54, 1.807) is 0 Å². The van der Waals surface area contributed by atoms with E-state index in [2.05, 4.69) is 16.4 Å². The number of rotatable bonds is 4. The molecule has 1 heterocycles. The van der Waals surface area contributed by atoms with E-state index in [1.165, 1.54) is 22.5 Å². The van der Waals surface area contributed by atoms with E-state index in [0.29, 0.717) is 5.13 Å². The number of carboxylic acid groups (broad SMARTS) is 1. The van der Waals surface area contributed by atoms with Crippen LogP contribution in [0.25, 0.3) is 11.3 Å². The zero-order valence-electron chi connectivity index (χ0n) is 12.5. The molecule has 0 fully saturated rings. The Labute approximate surface area is 132 Å². The summed E-state index contributed by atoms with van der Waals surface area (Å²) < 4.78 is 0. The molecule has 2 N–H and O–H groups in total. The molecule has 5 nitrogen and oxygen atoms in total. The van der Waals surface area contributed by atoms with Crippen LogP contribution in [0, 0.1) is 20.8 Å². The van der Waals surface area contributed by atoms with Crippen molar-refractivity contribution in [2.75, 3.05) is 5.32 Å². The molecule has 0 aliphatic heterocycles. The first kappa shape index (κ1) is 15.9. The van der Waals surface area contributed by atoms with E-state index < -0.39 is 11.9 Å². The van der Waals surface area contributed by atoms with Gasteiger partial charge in [-0.3, -0.25) is 10.1 Å². The molecule has 0 spiro atoms. The van der Waals surface area contributed by atoms with Crippen LogP contribution in [0.3, 0.4) is 0 Å². The Bertz CT molecular complexity index is 763. The van der Waals surface area contributed by atoms with Gasteiger partial charge in [0.15, 0.2) is 5.13 Å². The lowest BCUT2D eigenvalue weighted by Gasteiger charge is -2.03. The van der Waals surface area contributed by atoms with Crippen LogP contribution in [0.2, 0.25) is 0 Å². The topological polar surface area (TPSA) is 79.3 Å². The summed E-state index contributed by atoms with van der Waals surface area (Å²) in [5.41, 5.74) is 4.22. The van der Waals surface area contributed by atoms with E-state index in [-0.39, 0.29) is 0 Å². The van der Waals surface area contributed by atoms with Crippen molar-refractivity contribution in [3.05, 3.63) is 46.4 Å². The first-order chi connectivity index (χ1) is 10.4. The molecule has 6 heteroatoms. The highest BCUT2D eigenvalue weighted by Gasteiger charge is 2.11. The smallest absolute Gasteiger partial charge is 0.328 e. The second kappa shape index (κ2) is 6.53. The number of thiazole rings is 1. The molecule has 2 rings (SSSR count). The molecule has 22 heavy (non-hydrogen) atoms. The first-order valence-corrected chi connectivity index (χ1v) is 7.45. The lowest BCUT2D eigenvalue weighted by molar-refractivity contribution is -0.131. The summed E-state index contributed by atoms with van der Waals surface area (Å²) in [5.74, 6) is -1.68. The second-order valence-corrected chi connectivity index (χ2v) is 6.09. The summed E-state index contributed by atoms with van der Waals surface area (Å²) in [4.78, 5) is 27.4. The Morgan fingerprint density at radius 1 is 1.18 bits per heavy atom. The van der Waals surface area contributed by atoms with E-state index in [9.17, 15) is 9.59 Å². The van der Waals surface area contributed by atoms with Crippen molar-refractivity contribution in [3.63, 3.8) is 0 Å². The van der Waals surface area contributed by atoms with Crippen molar-refractivity contribution in [2.24, 2.45) is 0 Å². The number of benzene rings is 1. The van der Waals surface area contributed by atoms with Gasteiger partial charge in [0, 0.05) is 22.6 Å². The number of aromatic nitrogens is 1. The Kier molecular flexibility index (Phi) is 4.72. The first-order valence-electron chi connectivity index (χ1n) is 6.64. The van der Waals surface area contributed by atoms with Gasteiger partial charge in [-0.1, -0.05) is 12.1 Å². The molecule has 0 aliphatic rings. The lowest BCUT2D eigenvalue weighted by Crippen LogP contribution is -2.08. The molecule has 0 bridgehead atoms. The quantitative estimate of drug-likeness (QED) is 0.848. The highest BCUT2D eigenvalue weighted by atomic mass is 32.1. The van der Waals surface area contributed by atoms with Gasteiger partial charge in [0.25, 0.3) is 0 Å². The SMILES string of the molecule is Cc1ccc(-c2nc(NC(=O)/C=C/C(=O)O)sc2C)cc1C. The Morgan fingerprint density at radius 3 is 2.55 bits per heavy atom. The van der Waals surface area contributed by atoms with Gasteiger partial charge < -0.3 is 5.11 Å². The van der Waals surface area contributed by atoms with Crippen LogP contribution in [0.1, 0.15) is 16.0 Å². The minimum Gasteiger partial charge on any atom is -0.478 e. The van der Waals surface area contributed by atoms with Crippen LogP contribution < -0.4 is 5.32 Å². The molecule has 1 aromatic carbocycles. The predicted octanol–water partition coefficient (Wildman–Crippen LogP) is 3.31. The number of hydrogen-bond donors (Lipinski definition) is 2. The highest BCUT2D eigenvalue weighted by molar-refractivity contribution is 7.16. The maximum absolute atomic E-state index is 11.6. The molecule has 0 saturated heterocycles. The van der Waals surface area contributed by atoms with Gasteiger partial charge in [-0.25, -0.2) is 9.78 Å². The van der Waals surface area contributed by atoms with Crippen LogP contribution in [-0.4, -0.2) is 22.0 Å². The molecule has 2 aromatic rings. The average Bonchev–Trinajstić information content (AvgIpc) is 2.80. The number of nitrogens with one attached hydrogen (secondary N) is 1. The Balaban J connectivity index is 2.22. The van der Waals surface area contributed by atoms with E-state index in [1.807, 2.05) is 32.9 Å². The normalized spacial score (nSPS) is 10.9. The third kappa shape index (κ3) is 3.79. The molecule has 1 aromatic heterocycles. The van der Waals surface area contributed by atoms with Gasteiger partial charge in [-0.2, -0.15) is 0 Å². The Morgan fingerprint density at radius 2 is 1.91 bits per heavy atom. The van der Waals surface area contributed by atoms with Crippen LogP contribution in [0.5, 0.6) is 0 Å². The zero-order chi connectivity index (χ0) is 16.3. The zero-order valence-corrected chi connectivity index (χ0v) is 13.3. The fourth-order valence-corrected chi connectivity index (χ4v) is 2.74. The van der Waals surface area contributed by atoms with Crippen molar-refractivity contribution in [1.29, 1.82) is 0 Å². The standard InChI is InChI=1S/C16H16N2O3S/c1-9-4-5-12(8-10(9)2)15-11(3)22-16(18-15)17-13(19)6-7-14(20)21/h4-8H,1-3H3,(H,20,21)(H,17,18,19)/b7-6+. The van der Waals surface area contributed by atoms with Crippen LogP contribution in [-0.2, 0) is 9.59 Å². The molecular formula is C16H16N2O3S.